The summed E-state index contributed by atoms with van der Waals surface area (Å²) in [6.45, 7) is 0. The van der Waals surface area contributed by atoms with Crippen LogP contribution < -0.4 is 0 Å². The third-order valence-corrected chi connectivity index (χ3v) is 4.08. The van der Waals surface area contributed by atoms with E-state index in [1.807, 2.05) is 24.3 Å². The molecule has 0 aromatic heterocycles. The summed E-state index contributed by atoms with van der Waals surface area (Å²) in [7, 11) is 0. The molecule has 2 nitrogen and oxygen atoms in total. The molecule has 88 valence electrons. The number of carbonyl (C=O) groups excluding carboxylic acids is 1. The second-order valence-electron chi connectivity index (χ2n) is 5.26. The van der Waals surface area contributed by atoms with Gasteiger partial charge in [-0.05, 0) is 36.3 Å². The average molecular weight is 228 g/mol. The highest BCUT2D eigenvalue weighted by Gasteiger charge is 2.36. The normalized spacial score (nSPS) is 22.1. The number of carbonyl (C=O) groups is 1. The van der Waals surface area contributed by atoms with Crippen molar-refractivity contribution in [2.24, 2.45) is 5.41 Å². The largest absolute Gasteiger partial charge is 0.508 e. The molecule has 0 amide bonds. The second-order valence-corrected chi connectivity index (χ2v) is 5.26. The van der Waals surface area contributed by atoms with Gasteiger partial charge in [0.2, 0.25) is 0 Å². The van der Waals surface area contributed by atoms with E-state index in [1.54, 1.807) is 0 Å². The number of rotatable bonds is 0. The third-order valence-electron chi connectivity index (χ3n) is 4.08. The molecule has 0 aliphatic heterocycles. The minimum atomic E-state index is 0.0202. The Morgan fingerprint density at radius 1 is 1.12 bits per heavy atom. The van der Waals surface area contributed by atoms with E-state index in [4.69, 9.17) is 0 Å². The Hall–Kier alpha value is -1.57. The smallest absolute Gasteiger partial charge is 0.132 e. The Morgan fingerprint density at radius 3 is 2.59 bits per heavy atom. The Labute approximate surface area is 101 Å². The Kier molecular flexibility index (Phi) is 2.32. The van der Waals surface area contributed by atoms with Crippen molar-refractivity contribution in [1.82, 2.24) is 0 Å². The van der Waals surface area contributed by atoms with E-state index in [9.17, 15) is 9.90 Å². The zero-order valence-electron chi connectivity index (χ0n) is 9.78. The monoisotopic (exact) mass is 228 g/mol. The fourth-order valence-electron chi connectivity index (χ4n) is 3.07. The number of ketones is 1. The highest BCUT2D eigenvalue weighted by molar-refractivity contribution is 5.80. The molecule has 17 heavy (non-hydrogen) atoms. The van der Waals surface area contributed by atoms with Gasteiger partial charge in [-0.3, -0.25) is 4.79 Å². The summed E-state index contributed by atoms with van der Waals surface area (Å²) in [5, 5.41) is 10.1. The van der Waals surface area contributed by atoms with Gasteiger partial charge >= 0.3 is 0 Å². The van der Waals surface area contributed by atoms with Gasteiger partial charge in [-0.2, -0.15) is 0 Å². The fourth-order valence-corrected chi connectivity index (χ4v) is 3.07. The first-order chi connectivity index (χ1) is 8.19. The summed E-state index contributed by atoms with van der Waals surface area (Å²) >= 11 is 0. The van der Waals surface area contributed by atoms with Gasteiger partial charge in [0.1, 0.15) is 11.5 Å². The standard InChI is InChI=1S/C15H16O2/c16-12-5-7-15(8-6-12)9-11-3-1-2-4-13(11)14(17)10-15/h1-4,10,17H,5-9H2. The first-order valence-electron chi connectivity index (χ1n) is 6.20. The van der Waals surface area contributed by atoms with Crippen molar-refractivity contribution < 1.29 is 9.90 Å². The van der Waals surface area contributed by atoms with Crippen molar-refractivity contribution in [1.29, 1.82) is 0 Å². The Morgan fingerprint density at radius 2 is 1.82 bits per heavy atom. The summed E-state index contributed by atoms with van der Waals surface area (Å²) in [5.41, 5.74) is 2.18. The SMILES string of the molecule is O=C1CCC2(C=C(O)c3ccccc3C2)CC1. The van der Waals surface area contributed by atoms with Crippen molar-refractivity contribution in [3.8, 4) is 0 Å². The van der Waals surface area contributed by atoms with Gasteiger partial charge in [0.05, 0.1) is 0 Å². The van der Waals surface area contributed by atoms with Gasteiger partial charge < -0.3 is 5.11 Å². The molecule has 1 fully saturated rings. The molecule has 2 heteroatoms. The first kappa shape index (κ1) is 10.6. The number of benzene rings is 1. The molecule has 1 spiro atoms. The third kappa shape index (κ3) is 1.78. The lowest BCUT2D eigenvalue weighted by molar-refractivity contribution is -0.121. The van der Waals surface area contributed by atoms with Crippen LogP contribution in [0.25, 0.3) is 5.76 Å². The number of aliphatic hydroxyl groups is 1. The average Bonchev–Trinajstić information content (AvgIpc) is 2.34. The number of Topliss-reactive ketones (excluding diaryl/α,β-unsaturated/α-hetero) is 1. The number of aliphatic hydroxyl groups excluding tert-OH is 1. The fraction of sp³-hybridized carbons (Fsp3) is 0.400. The van der Waals surface area contributed by atoms with Crippen LogP contribution in [0, 0.1) is 5.41 Å². The molecule has 1 aromatic rings. The molecule has 0 saturated heterocycles. The molecule has 2 aliphatic rings. The van der Waals surface area contributed by atoms with Crippen LogP contribution in [0.3, 0.4) is 0 Å². The lowest BCUT2D eigenvalue weighted by atomic mass is 9.67. The molecule has 0 radical (unpaired) electrons. The lowest BCUT2D eigenvalue weighted by Crippen LogP contribution is -2.30. The first-order valence-corrected chi connectivity index (χ1v) is 6.20. The van der Waals surface area contributed by atoms with Gasteiger partial charge in [0.15, 0.2) is 0 Å². The minimum absolute atomic E-state index is 0.0202. The van der Waals surface area contributed by atoms with Crippen LogP contribution in [0.15, 0.2) is 30.3 Å². The lowest BCUT2D eigenvalue weighted by Gasteiger charge is -2.37. The molecule has 1 saturated carbocycles. The second kappa shape index (κ2) is 3.73. The molecular formula is C15H16O2. The van der Waals surface area contributed by atoms with E-state index in [0.29, 0.717) is 24.4 Å². The number of fused-ring (bicyclic) bond motifs is 1. The highest BCUT2D eigenvalue weighted by atomic mass is 16.3. The maximum Gasteiger partial charge on any atom is 0.132 e. The zero-order valence-corrected chi connectivity index (χ0v) is 9.78. The van der Waals surface area contributed by atoms with Gasteiger partial charge in [0.25, 0.3) is 0 Å². The van der Waals surface area contributed by atoms with Crippen LogP contribution in [0.1, 0.15) is 36.8 Å². The molecule has 0 atom stereocenters. The van der Waals surface area contributed by atoms with Gasteiger partial charge in [0, 0.05) is 18.4 Å². The highest BCUT2D eigenvalue weighted by Crippen LogP contribution is 2.44. The maximum atomic E-state index is 11.3. The molecule has 0 unspecified atom stereocenters. The summed E-state index contributed by atoms with van der Waals surface area (Å²) in [6.07, 6.45) is 6.02. The molecule has 2 aliphatic carbocycles. The van der Waals surface area contributed by atoms with Crippen LogP contribution in [0.5, 0.6) is 0 Å². The predicted molar refractivity (Wildman–Crippen MR) is 66.7 cm³/mol. The maximum absolute atomic E-state index is 11.3. The van der Waals surface area contributed by atoms with Crippen LogP contribution in [0.2, 0.25) is 0 Å². The molecule has 1 N–H and O–H groups in total. The summed E-state index contributed by atoms with van der Waals surface area (Å²) in [6, 6.07) is 8.00. The van der Waals surface area contributed by atoms with E-state index in [0.717, 1.165) is 24.8 Å². The van der Waals surface area contributed by atoms with Gasteiger partial charge in [-0.15, -0.1) is 0 Å². The van der Waals surface area contributed by atoms with Gasteiger partial charge in [-0.25, -0.2) is 0 Å². The molecule has 0 bridgehead atoms. The van der Waals surface area contributed by atoms with Crippen molar-refractivity contribution >= 4 is 11.5 Å². The topological polar surface area (TPSA) is 37.3 Å². The van der Waals surface area contributed by atoms with E-state index in [-0.39, 0.29) is 5.41 Å². The zero-order chi connectivity index (χ0) is 11.9. The minimum Gasteiger partial charge on any atom is -0.508 e. The van der Waals surface area contributed by atoms with E-state index < -0.39 is 0 Å². The number of allylic oxidation sites excluding steroid dienone is 1. The van der Waals surface area contributed by atoms with Crippen LogP contribution in [-0.2, 0) is 11.2 Å². The molecule has 3 rings (SSSR count). The van der Waals surface area contributed by atoms with Crippen LogP contribution >= 0.6 is 0 Å². The number of hydrogen-bond acceptors (Lipinski definition) is 2. The van der Waals surface area contributed by atoms with Crippen molar-refractivity contribution in [3.63, 3.8) is 0 Å². The van der Waals surface area contributed by atoms with Crippen LogP contribution in [-0.4, -0.2) is 10.9 Å². The molecule has 0 heterocycles. The number of hydrogen-bond donors (Lipinski definition) is 1. The summed E-state index contributed by atoms with van der Waals surface area (Å²) < 4.78 is 0. The van der Waals surface area contributed by atoms with E-state index >= 15 is 0 Å². The van der Waals surface area contributed by atoms with Crippen molar-refractivity contribution in [3.05, 3.63) is 41.5 Å². The molecule has 1 aromatic carbocycles. The molecular weight excluding hydrogens is 212 g/mol. The van der Waals surface area contributed by atoms with Crippen molar-refractivity contribution in [2.75, 3.05) is 0 Å². The van der Waals surface area contributed by atoms with E-state index in [2.05, 4.69) is 6.07 Å². The summed E-state index contributed by atoms with van der Waals surface area (Å²) in [4.78, 5) is 11.3. The predicted octanol–water partition coefficient (Wildman–Crippen LogP) is 3.27. The van der Waals surface area contributed by atoms with E-state index in [1.165, 1.54) is 5.56 Å². The van der Waals surface area contributed by atoms with Crippen LogP contribution in [0.4, 0.5) is 0 Å². The Bertz CT molecular complexity index is 489. The quantitative estimate of drug-likeness (QED) is 0.740. The van der Waals surface area contributed by atoms with Crippen molar-refractivity contribution in [2.45, 2.75) is 32.1 Å². The Balaban J connectivity index is 1.98. The van der Waals surface area contributed by atoms with Gasteiger partial charge in [-0.1, -0.05) is 24.3 Å². The summed E-state index contributed by atoms with van der Waals surface area (Å²) in [5.74, 6) is 0.753.